The van der Waals surface area contributed by atoms with Crippen molar-refractivity contribution in [3.63, 3.8) is 0 Å². The van der Waals surface area contributed by atoms with E-state index in [4.69, 9.17) is 5.26 Å². The van der Waals surface area contributed by atoms with Crippen LogP contribution in [0.15, 0.2) is 24.3 Å². The zero-order chi connectivity index (χ0) is 13.0. The Labute approximate surface area is 118 Å². The summed E-state index contributed by atoms with van der Waals surface area (Å²) in [5.41, 5.74) is 2.35. The molecule has 0 heterocycles. The van der Waals surface area contributed by atoms with Crippen LogP contribution in [-0.2, 0) is 0 Å². The molecular formula is C15H19BrN2. The molecule has 0 spiro atoms. The summed E-state index contributed by atoms with van der Waals surface area (Å²) < 4.78 is 0. The molecule has 0 radical (unpaired) electrons. The van der Waals surface area contributed by atoms with Crippen LogP contribution in [0.2, 0.25) is 0 Å². The fraction of sp³-hybridized carbons (Fsp3) is 0.533. The predicted molar refractivity (Wildman–Crippen MR) is 79.1 cm³/mol. The summed E-state index contributed by atoms with van der Waals surface area (Å²) in [5, 5.41) is 9.89. The third kappa shape index (κ3) is 2.87. The van der Waals surface area contributed by atoms with Crippen LogP contribution in [0, 0.1) is 16.7 Å². The van der Waals surface area contributed by atoms with Crippen molar-refractivity contribution in [1.29, 1.82) is 5.26 Å². The molecule has 0 bridgehead atoms. The predicted octanol–water partition coefficient (Wildman–Crippen LogP) is 3.95. The number of halogens is 1. The number of anilines is 1. The van der Waals surface area contributed by atoms with Gasteiger partial charge >= 0.3 is 0 Å². The highest BCUT2D eigenvalue weighted by Gasteiger charge is 2.33. The molecule has 2 nitrogen and oxygen atoms in total. The highest BCUT2D eigenvalue weighted by atomic mass is 79.9. The van der Waals surface area contributed by atoms with Crippen LogP contribution in [-0.4, -0.2) is 18.9 Å². The molecule has 1 aliphatic carbocycles. The molecule has 0 aromatic heterocycles. The average Bonchev–Trinajstić information content (AvgIpc) is 2.88. The summed E-state index contributed by atoms with van der Waals surface area (Å²) in [6.45, 7) is 1.09. The van der Waals surface area contributed by atoms with Crippen molar-refractivity contribution in [2.45, 2.75) is 25.7 Å². The first-order valence-electron chi connectivity index (χ1n) is 6.46. The monoisotopic (exact) mass is 306 g/mol. The van der Waals surface area contributed by atoms with Crippen molar-refractivity contribution in [2.24, 2.45) is 5.41 Å². The van der Waals surface area contributed by atoms with Gasteiger partial charge in [-0.3, -0.25) is 0 Å². The Bertz CT molecular complexity index is 427. The number of alkyl halides is 1. The van der Waals surface area contributed by atoms with E-state index in [1.165, 1.54) is 31.4 Å². The summed E-state index contributed by atoms with van der Waals surface area (Å²) >= 11 is 3.69. The average molecular weight is 307 g/mol. The van der Waals surface area contributed by atoms with Gasteiger partial charge in [-0.05, 0) is 42.5 Å². The van der Waals surface area contributed by atoms with Crippen molar-refractivity contribution in [2.75, 3.05) is 23.8 Å². The summed E-state index contributed by atoms with van der Waals surface area (Å²) in [4.78, 5) is 2.31. The normalized spacial score (nSPS) is 17.4. The van der Waals surface area contributed by atoms with Gasteiger partial charge in [0.2, 0.25) is 0 Å². The van der Waals surface area contributed by atoms with Crippen LogP contribution in [0.4, 0.5) is 5.69 Å². The highest BCUT2D eigenvalue weighted by Crippen LogP contribution is 2.40. The molecule has 96 valence electrons. The van der Waals surface area contributed by atoms with E-state index in [2.05, 4.69) is 33.9 Å². The van der Waals surface area contributed by atoms with Gasteiger partial charge in [-0.25, -0.2) is 0 Å². The van der Waals surface area contributed by atoms with Crippen LogP contribution in [0.5, 0.6) is 0 Å². The molecule has 0 aliphatic heterocycles. The molecule has 0 N–H and O–H groups in total. The minimum atomic E-state index is 0.433. The quantitative estimate of drug-likeness (QED) is 0.788. The van der Waals surface area contributed by atoms with Gasteiger partial charge in [0.05, 0.1) is 11.6 Å². The van der Waals surface area contributed by atoms with Crippen molar-refractivity contribution >= 4 is 21.6 Å². The minimum absolute atomic E-state index is 0.433. The Morgan fingerprint density at radius 2 is 1.89 bits per heavy atom. The molecule has 0 unspecified atom stereocenters. The summed E-state index contributed by atoms with van der Waals surface area (Å²) in [6, 6.07) is 10.0. The highest BCUT2D eigenvalue weighted by molar-refractivity contribution is 9.09. The van der Waals surface area contributed by atoms with E-state index in [-0.39, 0.29) is 0 Å². The van der Waals surface area contributed by atoms with Crippen molar-refractivity contribution in [3.8, 4) is 6.07 Å². The van der Waals surface area contributed by atoms with E-state index in [1.54, 1.807) is 0 Å². The lowest BCUT2D eigenvalue weighted by Crippen LogP contribution is -2.35. The lowest BCUT2D eigenvalue weighted by atomic mass is 9.88. The second kappa shape index (κ2) is 5.75. The molecule has 1 fully saturated rings. The molecule has 3 heteroatoms. The second-order valence-electron chi connectivity index (χ2n) is 5.36. The SMILES string of the molecule is CN(CC1(CBr)CCCC1)c1ccc(C#N)cc1. The fourth-order valence-electron chi connectivity index (χ4n) is 2.84. The van der Waals surface area contributed by atoms with Gasteiger partial charge in [-0.15, -0.1) is 0 Å². The number of hydrogen-bond donors (Lipinski definition) is 0. The van der Waals surface area contributed by atoms with Crippen molar-refractivity contribution < 1.29 is 0 Å². The maximum atomic E-state index is 8.81. The molecule has 2 rings (SSSR count). The zero-order valence-electron chi connectivity index (χ0n) is 10.8. The third-order valence-electron chi connectivity index (χ3n) is 3.96. The van der Waals surface area contributed by atoms with E-state index < -0.39 is 0 Å². The first-order chi connectivity index (χ1) is 8.69. The molecule has 1 aromatic carbocycles. The summed E-state index contributed by atoms with van der Waals surface area (Å²) in [6.07, 6.45) is 5.34. The Balaban J connectivity index is 2.06. The number of rotatable bonds is 4. The van der Waals surface area contributed by atoms with E-state index in [9.17, 15) is 0 Å². The van der Waals surface area contributed by atoms with Gasteiger partial charge in [-0.1, -0.05) is 28.8 Å². The van der Waals surface area contributed by atoms with Gasteiger partial charge in [0.25, 0.3) is 0 Å². The largest absolute Gasteiger partial charge is 0.374 e. The van der Waals surface area contributed by atoms with Gasteiger partial charge < -0.3 is 4.90 Å². The van der Waals surface area contributed by atoms with Crippen molar-refractivity contribution in [3.05, 3.63) is 29.8 Å². The Kier molecular flexibility index (Phi) is 4.29. The molecule has 1 saturated carbocycles. The number of hydrogen-bond acceptors (Lipinski definition) is 2. The zero-order valence-corrected chi connectivity index (χ0v) is 12.4. The Morgan fingerprint density at radius 1 is 1.28 bits per heavy atom. The first kappa shape index (κ1) is 13.4. The summed E-state index contributed by atoms with van der Waals surface area (Å²) in [5.74, 6) is 0. The molecule has 1 aromatic rings. The van der Waals surface area contributed by atoms with Crippen LogP contribution >= 0.6 is 15.9 Å². The Morgan fingerprint density at radius 3 is 2.39 bits per heavy atom. The van der Waals surface area contributed by atoms with Gasteiger partial charge in [0.1, 0.15) is 0 Å². The third-order valence-corrected chi connectivity index (χ3v) is 5.15. The second-order valence-corrected chi connectivity index (χ2v) is 5.92. The van der Waals surface area contributed by atoms with Crippen LogP contribution < -0.4 is 4.90 Å². The summed E-state index contributed by atoms with van der Waals surface area (Å²) in [7, 11) is 2.14. The molecule has 0 saturated heterocycles. The topological polar surface area (TPSA) is 27.0 Å². The van der Waals surface area contributed by atoms with Crippen LogP contribution in [0.1, 0.15) is 31.2 Å². The molecule has 0 atom stereocenters. The lowest BCUT2D eigenvalue weighted by molar-refractivity contribution is 0.356. The smallest absolute Gasteiger partial charge is 0.0991 e. The van der Waals surface area contributed by atoms with E-state index in [0.29, 0.717) is 5.41 Å². The van der Waals surface area contributed by atoms with Crippen molar-refractivity contribution in [1.82, 2.24) is 0 Å². The van der Waals surface area contributed by atoms with E-state index in [0.717, 1.165) is 17.4 Å². The number of nitrogens with zero attached hydrogens (tertiary/aromatic N) is 2. The van der Waals surface area contributed by atoms with Crippen LogP contribution in [0.25, 0.3) is 0 Å². The lowest BCUT2D eigenvalue weighted by Gasteiger charge is -2.33. The fourth-order valence-corrected chi connectivity index (χ4v) is 3.58. The number of benzene rings is 1. The van der Waals surface area contributed by atoms with Gasteiger partial charge in [0.15, 0.2) is 0 Å². The van der Waals surface area contributed by atoms with Crippen LogP contribution in [0.3, 0.4) is 0 Å². The van der Waals surface area contributed by atoms with Gasteiger partial charge in [0, 0.05) is 24.6 Å². The molecular weight excluding hydrogens is 288 g/mol. The maximum absolute atomic E-state index is 8.81. The molecule has 0 amide bonds. The number of nitriles is 1. The first-order valence-corrected chi connectivity index (χ1v) is 7.58. The molecule has 18 heavy (non-hydrogen) atoms. The standard InChI is InChI=1S/C15H19BrN2/c1-18(12-15(11-16)8-2-3-9-15)14-6-4-13(10-17)5-7-14/h4-7H,2-3,8-9,11-12H2,1H3. The maximum Gasteiger partial charge on any atom is 0.0991 e. The van der Waals surface area contributed by atoms with E-state index >= 15 is 0 Å². The van der Waals surface area contributed by atoms with E-state index in [1.807, 2.05) is 24.3 Å². The molecule has 1 aliphatic rings. The minimum Gasteiger partial charge on any atom is -0.374 e. The van der Waals surface area contributed by atoms with Gasteiger partial charge in [-0.2, -0.15) is 5.26 Å². The Hall–Kier alpha value is -1.01.